The SMILES string of the molecule is CN=c1scc(-c2ccccc2Br)n1N=C(C)c1ccc2ccccc2c1O. The molecule has 0 aliphatic heterocycles. The van der Waals surface area contributed by atoms with Crippen LogP contribution in [0.25, 0.3) is 22.0 Å². The highest BCUT2D eigenvalue weighted by Crippen LogP contribution is 2.31. The number of rotatable bonds is 3. The van der Waals surface area contributed by atoms with Gasteiger partial charge in [-0.3, -0.25) is 4.99 Å². The predicted molar refractivity (Wildman–Crippen MR) is 120 cm³/mol. The maximum Gasteiger partial charge on any atom is 0.205 e. The second-order valence-corrected chi connectivity index (χ2v) is 7.98. The molecule has 1 N–H and O–H groups in total. The molecule has 3 aromatic carbocycles. The smallest absolute Gasteiger partial charge is 0.205 e. The van der Waals surface area contributed by atoms with Crippen LogP contribution in [0, 0.1) is 0 Å². The van der Waals surface area contributed by atoms with Crippen molar-refractivity contribution in [1.29, 1.82) is 0 Å². The lowest BCUT2D eigenvalue weighted by Gasteiger charge is -2.10. The van der Waals surface area contributed by atoms with Crippen LogP contribution in [0.3, 0.4) is 0 Å². The molecule has 28 heavy (non-hydrogen) atoms. The third-order valence-corrected chi connectivity index (χ3v) is 6.17. The Bertz CT molecular complexity index is 1270. The Balaban J connectivity index is 1.89. The zero-order valence-corrected chi connectivity index (χ0v) is 17.8. The average Bonchev–Trinajstić information content (AvgIpc) is 3.11. The Morgan fingerprint density at radius 3 is 2.57 bits per heavy atom. The van der Waals surface area contributed by atoms with Gasteiger partial charge in [0.05, 0.1) is 11.4 Å². The van der Waals surface area contributed by atoms with Crippen molar-refractivity contribution in [3.05, 3.63) is 80.9 Å². The predicted octanol–water partition coefficient (Wildman–Crippen LogP) is 5.64. The van der Waals surface area contributed by atoms with Crippen molar-refractivity contribution >= 4 is 43.8 Å². The number of hydrogen-bond donors (Lipinski definition) is 1. The van der Waals surface area contributed by atoms with Gasteiger partial charge in [0.25, 0.3) is 0 Å². The van der Waals surface area contributed by atoms with Gasteiger partial charge < -0.3 is 5.11 Å². The van der Waals surface area contributed by atoms with Crippen LogP contribution in [0.4, 0.5) is 0 Å². The molecule has 0 radical (unpaired) electrons. The molecule has 0 aliphatic rings. The summed E-state index contributed by atoms with van der Waals surface area (Å²) in [7, 11) is 1.75. The summed E-state index contributed by atoms with van der Waals surface area (Å²) in [5.74, 6) is 0.243. The summed E-state index contributed by atoms with van der Waals surface area (Å²) >= 11 is 5.15. The lowest BCUT2D eigenvalue weighted by Crippen LogP contribution is -2.14. The van der Waals surface area contributed by atoms with E-state index in [1.54, 1.807) is 7.05 Å². The number of nitrogens with zero attached hydrogens (tertiary/aromatic N) is 3. The van der Waals surface area contributed by atoms with Crippen molar-refractivity contribution in [2.45, 2.75) is 6.92 Å². The largest absolute Gasteiger partial charge is 0.507 e. The van der Waals surface area contributed by atoms with Gasteiger partial charge in [0.2, 0.25) is 4.80 Å². The van der Waals surface area contributed by atoms with E-state index in [2.05, 4.69) is 20.9 Å². The highest BCUT2D eigenvalue weighted by molar-refractivity contribution is 9.10. The van der Waals surface area contributed by atoms with Crippen LogP contribution >= 0.6 is 27.3 Å². The van der Waals surface area contributed by atoms with E-state index in [1.807, 2.05) is 77.6 Å². The minimum absolute atomic E-state index is 0.243. The number of phenols is 1. The quantitative estimate of drug-likeness (QED) is 0.402. The van der Waals surface area contributed by atoms with E-state index in [-0.39, 0.29) is 5.75 Å². The second-order valence-electron chi connectivity index (χ2n) is 6.29. The highest BCUT2D eigenvalue weighted by Gasteiger charge is 2.13. The van der Waals surface area contributed by atoms with Gasteiger partial charge in [0.15, 0.2) is 0 Å². The zero-order valence-electron chi connectivity index (χ0n) is 15.4. The normalized spacial score (nSPS) is 12.7. The first-order valence-electron chi connectivity index (χ1n) is 8.75. The molecule has 4 rings (SSSR count). The molecule has 0 fully saturated rings. The molecule has 0 spiro atoms. The maximum atomic E-state index is 10.8. The van der Waals surface area contributed by atoms with Gasteiger partial charge in [0.1, 0.15) is 5.75 Å². The van der Waals surface area contributed by atoms with Gasteiger partial charge in [-0.2, -0.15) is 5.10 Å². The van der Waals surface area contributed by atoms with E-state index >= 15 is 0 Å². The number of aromatic hydroxyl groups is 1. The first kappa shape index (κ1) is 18.7. The van der Waals surface area contributed by atoms with Gasteiger partial charge in [-0.05, 0) is 24.4 Å². The summed E-state index contributed by atoms with van der Waals surface area (Å²) in [6.07, 6.45) is 0. The lowest BCUT2D eigenvalue weighted by atomic mass is 10.0. The summed E-state index contributed by atoms with van der Waals surface area (Å²) in [4.78, 5) is 5.14. The molecule has 1 heterocycles. The molecular weight excluding hydrogens is 434 g/mol. The molecular formula is C22H18BrN3OS. The fourth-order valence-corrected chi connectivity index (χ4v) is 4.43. The Morgan fingerprint density at radius 1 is 1.04 bits per heavy atom. The zero-order chi connectivity index (χ0) is 19.7. The van der Waals surface area contributed by atoms with E-state index in [0.717, 1.165) is 31.3 Å². The van der Waals surface area contributed by atoms with Gasteiger partial charge in [0, 0.05) is 33.4 Å². The van der Waals surface area contributed by atoms with E-state index in [1.165, 1.54) is 11.3 Å². The second kappa shape index (κ2) is 7.73. The Kier molecular flexibility index (Phi) is 5.15. The molecule has 0 saturated heterocycles. The summed E-state index contributed by atoms with van der Waals surface area (Å²) < 4.78 is 2.82. The molecule has 0 bridgehead atoms. The van der Waals surface area contributed by atoms with Crippen molar-refractivity contribution in [3.63, 3.8) is 0 Å². The maximum absolute atomic E-state index is 10.8. The van der Waals surface area contributed by atoms with Crippen molar-refractivity contribution in [2.24, 2.45) is 10.1 Å². The third kappa shape index (κ3) is 3.30. The van der Waals surface area contributed by atoms with Crippen LogP contribution in [0.15, 0.2) is 80.6 Å². The van der Waals surface area contributed by atoms with Gasteiger partial charge in [-0.1, -0.05) is 64.5 Å². The Morgan fingerprint density at radius 2 is 1.79 bits per heavy atom. The molecule has 0 amide bonds. The number of aromatic nitrogens is 1. The van der Waals surface area contributed by atoms with Crippen molar-refractivity contribution in [1.82, 2.24) is 4.68 Å². The van der Waals surface area contributed by atoms with E-state index < -0.39 is 0 Å². The number of thiazole rings is 1. The topological polar surface area (TPSA) is 49.9 Å². The highest BCUT2D eigenvalue weighted by atomic mass is 79.9. The van der Waals surface area contributed by atoms with Crippen LogP contribution in [-0.4, -0.2) is 22.5 Å². The van der Waals surface area contributed by atoms with E-state index in [4.69, 9.17) is 5.10 Å². The standard InChI is InChI=1S/C22H18BrN3OS/c1-14(16-12-11-15-7-3-4-8-17(15)21(16)27)25-26-20(13-28-22(26)24-2)18-9-5-6-10-19(18)23/h3-13,27H,1-2H3. The van der Waals surface area contributed by atoms with Gasteiger partial charge in [-0.15, -0.1) is 11.3 Å². The van der Waals surface area contributed by atoms with Gasteiger partial charge >= 0.3 is 0 Å². The van der Waals surface area contributed by atoms with Crippen molar-refractivity contribution in [2.75, 3.05) is 7.05 Å². The summed E-state index contributed by atoms with van der Waals surface area (Å²) in [5, 5.41) is 19.5. The minimum Gasteiger partial charge on any atom is -0.507 e. The van der Waals surface area contributed by atoms with Crippen LogP contribution in [-0.2, 0) is 0 Å². The Labute approximate surface area is 175 Å². The number of hydrogen-bond acceptors (Lipinski definition) is 4. The molecule has 0 aliphatic carbocycles. The fraction of sp³-hybridized carbons (Fsp3) is 0.0909. The Hall–Kier alpha value is -2.70. The van der Waals surface area contributed by atoms with Crippen LogP contribution in [0.5, 0.6) is 5.75 Å². The molecule has 0 atom stereocenters. The van der Waals surface area contributed by atoms with E-state index in [0.29, 0.717) is 11.3 Å². The first-order chi connectivity index (χ1) is 13.6. The van der Waals surface area contributed by atoms with Crippen LogP contribution in [0.1, 0.15) is 12.5 Å². The summed E-state index contributed by atoms with van der Waals surface area (Å²) in [6, 6.07) is 19.7. The molecule has 0 saturated carbocycles. The third-order valence-electron chi connectivity index (χ3n) is 4.57. The molecule has 4 aromatic rings. The summed E-state index contributed by atoms with van der Waals surface area (Å²) in [5.41, 5.74) is 3.40. The van der Waals surface area contributed by atoms with E-state index in [9.17, 15) is 5.11 Å². The molecule has 140 valence electrons. The average molecular weight is 452 g/mol. The minimum atomic E-state index is 0.243. The number of benzene rings is 3. The lowest BCUT2D eigenvalue weighted by molar-refractivity contribution is 0.480. The number of halogens is 1. The summed E-state index contributed by atoms with van der Waals surface area (Å²) in [6.45, 7) is 1.90. The number of phenolic OH excluding ortho intramolecular Hbond substituents is 1. The molecule has 0 unspecified atom stereocenters. The van der Waals surface area contributed by atoms with Crippen molar-refractivity contribution < 1.29 is 5.11 Å². The van der Waals surface area contributed by atoms with Crippen LogP contribution < -0.4 is 4.80 Å². The molecule has 1 aromatic heterocycles. The fourth-order valence-electron chi connectivity index (χ4n) is 3.15. The molecule has 6 heteroatoms. The van der Waals surface area contributed by atoms with Crippen LogP contribution in [0.2, 0.25) is 0 Å². The molecule has 4 nitrogen and oxygen atoms in total. The first-order valence-corrected chi connectivity index (χ1v) is 10.4. The van der Waals surface area contributed by atoms with Crippen molar-refractivity contribution in [3.8, 4) is 17.0 Å². The van der Waals surface area contributed by atoms with Gasteiger partial charge in [-0.25, -0.2) is 4.68 Å². The monoisotopic (exact) mass is 451 g/mol. The number of fused-ring (bicyclic) bond motifs is 1.